The van der Waals surface area contributed by atoms with Crippen LogP contribution in [0.25, 0.3) is 10.9 Å². The van der Waals surface area contributed by atoms with Crippen molar-refractivity contribution >= 4 is 22.4 Å². The zero-order valence-corrected chi connectivity index (χ0v) is 19.6. The van der Waals surface area contributed by atoms with Crippen molar-refractivity contribution < 1.29 is 14.6 Å². The second-order valence-electron chi connectivity index (χ2n) is 8.73. The molecular weight excluding hydrogens is 412 g/mol. The first-order chi connectivity index (χ1) is 16.0. The average molecular weight is 445 g/mol. The van der Waals surface area contributed by atoms with E-state index in [1.807, 2.05) is 37.3 Å². The lowest BCUT2D eigenvalue weighted by molar-refractivity contribution is -0.116. The first-order valence-electron chi connectivity index (χ1n) is 11.7. The van der Waals surface area contributed by atoms with Gasteiger partial charge in [-0.05, 0) is 61.4 Å². The number of methoxy groups -OCH3 is 1. The fourth-order valence-corrected chi connectivity index (χ4v) is 4.80. The molecule has 0 bridgehead atoms. The van der Waals surface area contributed by atoms with Gasteiger partial charge in [0.2, 0.25) is 0 Å². The SMILES string of the molecule is CCCC(O)=C1C(=O)C[C@@H](c2ccccc2)CC1=NCCc1c(C)[nH]c2ccc(OC)cc12. The van der Waals surface area contributed by atoms with E-state index in [1.54, 1.807) is 7.11 Å². The van der Waals surface area contributed by atoms with Crippen LogP contribution in [0.5, 0.6) is 5.75 Å². The summed E-state index contributed by atoms with van der Waals surface area (Å²) in [5.74, 6) is 1.09. The molecule has 5 heteroatoms. The largest absolute Gasteiger partial charge is 0.511 e. The van der Waals surface area contributed by atoms with Crippen LogP contribution >= 0.6 is 0 Å². The molecule has 5 nitrogen and oxygen atoms in total. The Morgan fingerprint density at radius 2 is 1.97 bits per heavy atom. The summed E-state index contributed by atoms with van der Waals surface area (Å²) in [6.07, 6.45) is 3.10. The molecule has 0 spiro atoms. The first kappa shape index (κ1) is 22.8. The number of H-pyrrole nitrogens is 1. The summed E-state index contributed by atoms with van der Waals surface area (Å²) in [7, 11) is 1.67. The lowest BCUT2D eigenvalue weighted by atomic mass is 9.78. The molecule has 0 unspecified atom stereocenters. The van der Waals surface area contributed by atoms with E-state index in [2.05, 4.69) is 30.1 Å². The fraction of sp³-hybridized carbons (Fsp3) is 0.357. The Morgan fingerprint density at radius 1 is 1.18 bits per heavy atom. The van der Waals surface area contributed by atoms with Crippen LogP contribution in [0.15, 0.2) is 64.9 Å². The molecule has 1 saturated carbocycles. The number of Topliss-reactive ketones (excluding diaryl/α,β-unsaturated/α-hetero) is 1. The van der Waals surface area contributed by atoms with E-state index in [0.717, 1.165) is 46.5 Å². The lowest BCUT2D eigenvalue weighted by Crippen LogP contribution is -2.27. The number of rotatable bonds is 7. The van der Waals surface area contributed by atoms with E-state index in [9.17, 15) is 9.90 Å². The predicted molar refractivity (Wildman–Crippen MR) is 134 cm³/mol. The molecule has 0 aliphatic heterocycles. The normalized spacial score (nSPS) is 19.3. The average Bonchev–Trinajstić information content (AvgIpc) is 3.13. The number of carbonyl (C=O) groups excluding carboxylic acids is 1. The summed E-state index contributed by atoms with van der Waals surface area (Å²) in [6, 6.07) is 16.2. The Bertz CT molecular complexity index is 1200. The molecule has 172 valence electrons. The molecule has 1 aliphatic rings. The van der Waals surface area contributed by atoms with Crippen molar-refractivity contribution in [3.8, 4) is 5.75 Å². The molecule has 2 aromatic carbocycles. The van der Waals surface area contributed by atoms with Gasteiger partial charge in [0, 0.05) is 41.7 Å². The zero-order valence-electron chi connectivity index (χ0n) is 19.6. The number of carbonyl (C=O) groups is 1. The maximum absolute atomic E-state index is 13.1. The van der Waals surface area contributed by atoms with Crippen LogP contribution < -0.4 is 4.74 Å². The van der Waals surface area contributed by atoms with Gasteiger partial charge in [-0.2, -0.15) is 0 Å². The third-order valence-electron chi connectivity index (χ3n) is 6.48. The van der Waals surface area contributed by atoms with Crippen LogP contribution in [-0.2, 0) is 11.2 Å². The van der Waals surface area contributed by atoms with Gasteiger partial charge in [-0.1, -0.05) is 37.3 Å². The van der Waals surface area contributed by atoms with Crippen molar-refractivity contribution in [2.24, 2.45) is 4.99 Å². The zero-order chi connectivity index (χ0) is 23.4. The van der Waals surface area contributed by atoms with E-state index in [1.165, 1.54) is 5.56 Å². The van der Waals surface area contributed by atoms with Gasteiger partial charge in [-0.15, -0.1) is 0 Å². The molecule has 1 aromatic heterocycles. The number of nitrogens with zero attached hydrogens (tertiary/aromatic N) is 1. The summed E-state index contributed by atoms with van der Waals surface area (Å²) in [4.78, 5) is 21.4. The molecule has 1 heterocycles. The van der Waals surface area contributed by atoms with Crippen LogP contribution in [0.4, 0.5) is 0 Å². The second-order valence-corrected chi connectivity index (χ2v) is 8.73. The van der Waals surface area contributed by atoms with Gasteiger partial charge < -0.3 is 14.8 Å². The third-order valence-corrected chi connectivity index (χ3v) is 6.48. The number of aromatic nitrogens is 1. The van der Waals surface area contributed by atoms with Gasteiger partial charge in [-0.3, -0.25) is 9.79 Å². The number of nitrogens with one attached hydrogen (secondary N) is 1. The summed E-state index contributed by atoms with van der Waals surface area (Å²) < 4.78 is 5.40. The maximum atomic E-state index is 13.1. The fourth-order valence-electron chi connectivity index (χ4n) is 4.80. The summed E-state index contributed by atoms with van der Waals surface area (Å²) in [5.41, 5.74) is 5.73. The molecule has 2 N–H and O–H groups in total. The van der Waals surface area contributed by atoms with Crippen molar-refractivity contribution in [3.63, 3.8) is 0 Å². The quantitative estimate of drug-likeness (QED) is 0.335. The van der Waals surface area contributed by atoms with Crippen LogP contribution in [0.1, 0.15) is 55.3 Å². The maximum Gasteiger partial charge on any atom is 0.168 e. The van der Waals surface area contributed by atoms with Crippen molar-refractivity contribution in [1.82, 2.24) is 4.98 Å². The highest BCUT2D eigenvalue weighted by Gasteiger charge is 2.32. The summed E-state index contributed by atoms with van der Waals surface area (Å²) in [5, 5.41) is 11.8. The highest BCUT2D eigenvalue weighted by Crippen LogP contribution is 2.34. The van der Waals surface area contributed by atoms with E-state index in [0.29, 0.717) is 31.4 Å². The second kappa shape index (κ2) is 10.1. The molecule has 4 rings (SSSR count). The molecule has 1 aliphatic carbocycles. The number of ketones is 1. The highest BCUT2D eigenvalue weighted by molar-refractivity contribution is 6.24. The van der Waals surface area contributed by atoms with Gasteiger partial charge in [0.15, 0.2) is 5.78 Å². The number of ether oxygens (including phenoxy) is 1. The number of aryl methyl sites for hydroxylation is 1. The number of aromatic amines is 1. The van der Waals surface area contributed by atoms with Crippen LogP contribution in [0, 0.1) is 6.92 Å². The van der Waals surface area contributed by atoms with E-state index in [4.69, 9.17) is 9.73 Å². The summed E-state index contributed by atoms with van der Waals surface area (Å²) >= 11 is 0. The number of aliphatic imine (C=N–C) groups is 1. The molecule has 0 saturated heterocycles. The monoisotopic (exact) mass is 444 g/mol. The molecule has 1 fully saturated rings. The summed E-state index contributed by atoms with van der Waals surface area (Å²) in [6.45, 7) is 4.63. The Kier molecular flexibility index (Phi) is 6.97. The smallest absolute Gasteiger partial charge is 0.168 e. The van der Waals surface area contributed by atoms with Crippen LogP contribution in [-0.4, -0.2) is 35.2 Å². The standard InChI is InChI=1S/C28H32N2O3/c1-4-8-26(31)28-25(15-20(16-27(28)32)19-9-6-5-7-10-19)29-14-13-22-18(2)30-24-12-11-21(33-3)17-23(22)24/h5-7,9-12,17,20,30-31H,4,8,13-16H2,1-3H3/t20-/m0/s1. The molecular formula is C28H32N2O3. The Hall–Kier alpha value is -3.34. The van der Waals surface area contributed by atoms with Crippen molar-refractivity contribution in [3.05, 3.63) is 76.7 Å². The van der Waals surface area contributed by atoms with Crippen molar-refractivity contribution in [2.45, 2.75) is 51.9 Å². The minimum atomic E-state index is -0.00665. The number of fused-ring (bicyclic) bond motifs is 1. The van der Waals surface area contributed by atoms with Crippen molar-refractivity contribution in [2.75, 3.05) is 13.7 Å². The number of hydrogen-bond donors (Lipinski definition) is 2. The third kappa shape index (κ3) is 4.87. The number of allylic oxidation sites excluding steroid dienone is 2. The van der Waals surface area contributed by atoms with Gasteiger partial charge in [0.1, 0.15) is 11.5 Å². The number of benzene rings is 2. The Balaban J connectivity index is 1.63. The minimum Gasteiger partial charge on any atom is -0.511 e. The highest BCUT2D eigenvalue weighted by atomic mass is 16.5. The van der Waals surface area contributed by atoms with E-state index < -0.39 is 0 Å². The van der Waals surface area contributed by atoms with Gasteiger partial charge >= 0.3 is 0 Å². The predicted octanol–water partition coefficient (Wildman–Crippen LogP) is 6.23. The molecule has 0 radical (unpaired) electrons. The first-order valence-corrected chi connectivity index (χ1v) is 11.7. The van der Waals surface area contributed by atoms with Crippen molar-refractivity contribution in [1.29, 1.82) is 0 Å². The molecule has 1 atom stereocenters. The van der Waals surface area contributed by atoms with Crippen LogP contribution in [0.3, 0.4) is 0 Å². The molecule has 3 aromatic rings. The topological polar surface area (TPSA) is 74.7 Å². The Labute approximate surface area is 195 Å². The molecule has 33 heavy (non-hydrogen) atoms. The Morgan fingerprint density at radius 3 is 2.70 bits per heavy atom. The minimum absolute atomic E-state index is 0.00665. The van der Waals surface area contributed by atoms with Gasteiger partial charge in [0.25, 0.3) is 0 Å². The van der Waals surface area contributed by atoms with E-state index in [-0.39, 0.29) is 17.5 Å². The lowest BCUT2D eigenvalue weighted by Gasteiger charge is -2.26. The van der Waals surface area contributed by atoms with E-state index >= 15 is 0 Å². The van der Waals surface area contributed by atoms with Gasteiger partial charge in [0.05, 0.1) is 12.7 Å². The molecule has 0 amide bonds. The number of aliphatic hydroxyl groups excluding tert-OH is 1. The van der Waals surface area contributed by atoms with Crippen LogP contribution in [0.2, 0.25) is 0 Å². The number of aliphatic hydroxyl groups is 1. The number of hydrogen-bond acceptors (Lipinski definition) is 4. The van der Waals surface area contributed by atoms with Gasteiger partial charge in [-0.25, -0.2) is 0 Å².